The first-order valence-corrected chi connectivity index (χ1v) is 12.5. The van der Waals surface area contributed by atoms with E-state index in [2.05, 4.69) is 54.1 Å². The van der Waals surface area contributed by atoms with Crippen molar-refractivity contribution >= 4 is 29.0 Å². The van der Waals surface area contributed by atoms with E-state index in [1.54, 1.807) is 11.3 Å². The minimum absolute atomic E-state index is 0.00551. The first-order chi connectivity index (χ1) is 15.0. The lowest BCUT2D eigenvalue weighted by Crippen LogP contribution is -2.30. The normalized spacial score (nSPS) is 17.1. The molecule has 1 aliphatic heterocycles. The number of aromatic nitrogens is 2. The molecule has 0 bridgehead atoms. The van der Waals surface area contributed by atoms with Crippen LogP contribution in [0, 0.1) is 20.8 Å². The maximum absolute atomic E-state index is 12.9. The number of hydrogen-bond acceptors (Lipinski definition) is 5. The lowest BCUT2D eigenvalue weighted by molar-refractivity contribution is -0.119. The zero-order chi connectivity index (χ0) is 21.8. The van der Waals surface area contributed by atoms with E-state index in [1.807, 2.05) is 18.4 Å². The van der Waals surface area contributed by atoms with Gasteiger partial charge in [0.1, 0.15) is 0 Å². The summed E-state index contributed by atoms with van der Waals surface area (Å²) in [5.41, 5.74) is 4.46. The number of thiophene rings is 1. The quantitative estimate of drug-likeness (QED) is 0.483. The number of carbonyl (C=O) groups is 1. The number of benzene rings is 1. The van der Waals surface area contributed by atoms with Gasteiger partial charge in [-0.1, -0.05) is 47.7 Å². The van der Waals surface area contributed by atoms with Gasteiger partial charge in [-0.15, -0.1) is 11.3 Å². The van der Waals surface area contributed by atoms with Crippen molar-refractivity contribution in [3.05, 3.63) is 69.2 Å². The van der Waals surface area contributed by atoms with Gasteiger partial charge in [-0.25, -0.2) is 4.98 Å². The van der Waals surface area contributed by atoms with Gasteiger partial charge in [0.05, 0.1) is 30.1 Å². The highest BCUT2D eigenvalue weighted by atomic mass is 32.2. The second-order valence-corrected chi connectivity index (χ2v) is 9.95. The molecule has 2 unspecified atom stereocenters. The van der Waals surface area contributed by atoms with Gasteiger partial charge in [-0.2, -0.15) is 0 Å². The van der Waals surface area contributed by atoms with E-state index >= 15 is 0 Å². The van der Waals surface area contributed by atoms with Gasteiger partial charge < -0.3 is 14.6 Å². The molecular formula is C24H29N3O2S2. The number of amides is 1. The Hall–Kier alpha value is -2.09. The summed E-state index contributed by atoms with van der Waals surface area (Å²) in [7, 11) is 0. The third kappa shape index (κ3) is 5.40. The molecule has 2 aromatic heterocycles. The molecule has 4 rings (SSSR count). The number of carbonyl (C=O) groups excluding carboxylic acids is 1. The summed E-state index contributed by atoms with van der Waals surface area (Å²) >= 11 is 3.16. The minimum atomic E-state index is -0.135. The van der Waals surface area contributed by atoms with Crippen LogP contribution in [0.5, 0.6) is 0 Å². The van der Waals surface area contributed by atoms with Gasteiger partial charge >= 0.3 is 0 Å². The van der Waals surface area contributed by atoms with Crippen LogP contribution in [0.4, 0.5) is 0 Å². The van der Waals surface area contributed by atoms with E-state index in [0.717, 1.165) is 53.0 Å². The van der Waals surface area contributed by atoms with Crippen molar-refractivity contribution in [2.24, 2.45) is 0 Å². The number of aryl methyl sites for hydroxylation is 2. The SMILES string of the molecule is Cc1ccc(C(NC(=O)CSc2nc(C)c(C)n2CC2CCCO2)c2cccs2)cc1. The number of nitrogens with one attached hydrogen (secondary N) is 1. The average Bonchev–Trinajstić information content (AvgIpc) is 3.51. The predicted octanol–water partition coefficient (Wildman–Crippen LogP) is 5.05. The Balaban J connectivity index is 1.44. The molecule has 164 valence electrons. The number of rotatable bonds is 8. The van der Waals surface area contributed by atoms with E-state index in [0.29, 0.717) is 5.75 Å². The van der Waals surface area contributed by atoms with Crippen molar-refractivity contribution in [1.29, 1.82) is 0 Å². The van der Waals surface area contributed by atoms with E-state index < -0.39 is 0 Å². The van der Waals surface area contributed by atoms with Gasteiger partial charge in [0.25, 0.3) is 0 Å². The molecule has 3 aromatic rings. The highest BCUT2D eigenvalue weighted by Crippen LogP contribution is 2.28. The topological polar surface area (TPSA) is 56.2 Å². The largest absolute Gasteiger partial charge is 0.376 e. The molecule has 1 aliphatic rings. The standard InChI is InChI=1S/C24H29N3O2S2/c1-16-8-10-19(11-9-16)23(21-7-5-13-30-21)26-22(28)15-31-24-25-17(2)18(3)27(24)14-20-6-4-12-29-20/h5,7-11,13,20,23H,4,6,12,14-15H2,1-3H3,(H,26,28). The second kappa shape index (κ2) is 10.0. The summed E-state index contributed by atoms with van der Waals surface area (Å²) in [6, 6.07) is 12.3. The molecule has 0 aliphatic carbocycles. The average molecular weight is 456 g/mol. The van der Waals surface area contributed by atoms with Crippen LogP contribution in [0.15, 0.2) is 46.9 Å². The van der Waals surface area contributed by atoms with Gasteiger partial charge in [0.15, 0.2) is 5.16 Å². The first-order valence-electron chi connectivity index (χ1n) is 10.7. The van der Waals surface area contributed by atoms with Crippen molar-refractivity contribution < 1.29 is 9.53 Å². The fourth-order valence-corrected chi connectivity index (χ4v) is 5.52. The van der Waals surface area contributed by atoms with Crippen molar-refractivity contribution in [1.82, 2.24) is 14.9 Å². The predicted molar refractivity (Wildman–Crippen MR) is 127 cm³/mol. The third-order valence-electron chi connectivity index (χ3n) is 5.71. The molecule has 31 heavy (non-hydrogen) atoms. The van der Waals surface area contributed by atoms with Gasteiger partial charge in [-0.3, -0.25) is 4.79 Å². The fraction of sp³-hybridized carbons (Fsp3) is 0.417. The summed E-state index contributed by atoms with van der Waals surface area (Å²) in [6.07, 6.45) is 2.44. The molecule has 0 spiro atoms. The van der Waals surface area contributed by atoms with Crippen molar-refractivity contribution in [3.63, 3.8) is 0 Å². The Bertz CT molecular complexity index is 1010. The van der Waals surface area contributed by atoms with E-state index in [-0.39, 0.29) is 18.1 Å². The molecule has 1 saturated heterocycles. The Labute approximate surface area is 192 Å². The van der Waals surface area contributed by atoms with E-state index in [9.17, 15) is 4.79 Å². The molecule has 1 aromatic carbocycles. The van der Waals surface area contributed by atoms with Crippen LogP contribution in [0.3, 0.4) is 0 Å². The van der Waals surface area contributed by atoms with Crippen LogP contribution >= 0.6 is 23.1 Å². The molecule has 1 N–H and O–H groups in total. The van der Waals surface area contributed by atoms with Gasteiger partial charge in [0.2, 0.25) is 5.91 Å². The Morgan fingerprint density at radius 3 is 2.77 bits per heavy atom. The summed E-state index contributed by atoms with van der Waals surface area (Å²) in [5.74, 6) is 0.334. The summed E-state index contributed by atoms with van der Waals surface area (Å²) in [6.45, 7) is 7.83. The van der Waals surface area contributed by atoms with Crippen LogP contribution in [-0.4, -0.2) is 33.9 Å². The Morgan fingerprint density at radius 2 is 2.10 bits per heavy atom. The summed E-state index contributed by atoms with van der Waals surface area (Å²) in [5, 5.41) is 6.17. The van der Waals surface area contributed by atoms with Crippen LogP contribution in [-0.2, 0) is 16.1 Å². The maximum Gasteiger partial charge on any atom is 0.231 e. The molecule has 7 heteroatoms. The minimum Gasteiger partial charge on any atom is -0.376 e. The number of hydrogen-bond donors (Lipinski definition) is 1. The molecular weight excluding hydrogens is 426 g/mol. The van der Waals surface area contributed by atoms with Crippen molar-refractivity contribution in [3.8, 4) is 0 Å². The first kappa shape index (κ1) is 22.1. The molecule has 2 atom stereocenters. The zero-order valence-electron chi connectivity index (χ0n) is 18.3. The molecule has 1 amide bonds. The van der Waals surface area contributed by atoms with E-state index in [1.165, 1.54) is 17.3 Å². The number of imidazole rings is 1. The Kier molecular flexibility index (Phi) is 7.15. The van der Waals surface area contributed by atoms with Gasteiger partial charge in [-0.05, 0) is 50.6 Å². The fourth-order valence-electron chi connectivity index (χ4n) is 3.81. The molecule has 5 nitrogen and oxygen atoms in total. The van der Waals surface area contributed by atoms with Crippen molar-refractivity contribution in [2.75, 3.05) is 12.4 Å². The van der Waals surface area contributed by atoms with Crippen LogP contribution in [0.1, 0.15) is 46.3 Å². The van der Waals surface area contributed by atoms with Crippen molar-refractivity contribution in [2.45, 2.75) is 57.5 Å². The monoisotopic (exact) mass is 455 g/mol. The van der Waals surface area contributed by atoms with E-state index in [4.69, 9.17) is 9.72 Å². The maximum atomic E-state index is 12.9. The number of nitrogens with zero attached hydrogens (tertiary/aromatic N) is 2. The summed E-state index contributed by atoms with van der Waals surface area (Å²) in [4.78, 5) is 18.8. The van der Waals surface area contributed by atoms with Gasteiger partial charge in [0, 0.05) is 17.2 Å². The van der Waals surface area contributed by atoms with Crippen LogP contribution in [0.2, 0.25) is 0 Å². The molecule has 3 heterocycles. The van der Waals surface area contributed by atoms with Crippen LogP contribution in [0.25, 0.3) is 0 Å². The smallest absolute Gasteiger partial charge is 0.231 e. The zero-order valence-corrected chi connectivity index (χ0v) is 19.9. The third-order valence-corrected chi connectivity index (χ3v) is 7.62. The molecule has 0 saturated carbocycles. The lowest BCUT2D eigenvalue weighted by Gasteiger charge is -2.19. The second-order valence-electron chi connectivity index (χ2n) is 8.03. The molecule has 1 fully saturated rings. The lowest BCUT2D eigenvalue weighted by atomic mass is 10.0. The molecule has 0 radical (unpaired) electrons. The highest BCUT2D eigenvalue weighted by molar-refractivity contribution is 7.99. The summed E-state index contributed by atoms with van der Waals surface area (Å²) < 4.78 is 8.03. The van der Waals surface area contributed by atoms with Crippen LogP contribution < -0.4 is 5.32 Å². The highest BCUT2D eigenvalue weighted by Gasteiger charge is 2.22. The Morgan fingerprint density at radius 1 is 1.29 bits per heavy atom. The number of ether oxygens (including phenoxy) is 1. The number of thioether (sulfide) groups is 1.